The van der Waals surface area contributed by atoms with E-state index in [4.69, 9.17) is 5.11 Å². The van der Waals surface area contributed by atoms with E-state index < -0.39 is 10.7 Å². The van der Waals surface area contributed by atoms with Gasteiger partial charge >= 0.3 is 0 Å². The molecule has 0 aliphatic rings. The van der Waals surface area contributed by atoms with E-state index in [0.29, 0.717) is 6.20 Å². The first-order valence-electron chi connectivity index (χ1n) is 3.40. The van der Waals surface area contributed by atoms with Crippen LogP contribution in [0.2, 0.25) is 0 Å². The van der Waals surface area contributed by atoms with Crippen molar-refractivity contribution in [3.63, 3.8) is 0 Å². The molecule has 0 aromatic heterocycles. The first kappa shape index (κ1) is 9.18. The van der Waals surface area contributed by atoms with Gasteiger partial charge in [0.05, 0.1) is 4.92 Å². The van der Waals surface area contributed by atoms with Crippen molar-refractivity contribution in [2.45, 2.75) is 0 Å². The standard InChI is InChI=1S/C8H6FNO3/c9-7-1-2-8(11)6(5-7)3-4-10(12)13/h1-5,11H/b4-3+. The van der Waals surface area contributed by atoms with Gasteiger partial charge in [0, 0.05) is 11.6 Å². The summed E-state index contributed by atoms with van der Waals surface area (Å²) in [5, 5.41) is 19.0. The van der Waals surface area contributed by atoms with E-state index >= 15 is 0 Å². The van der Waals surface area contributed by atoms with E-state index in [-0.39, 0.29) is 11.3 Å². The maximum Gasteiger partial charge on any atom is 0.235 e. The average molecular weight is 183 g/mol. The lowest BCUT2D eigenvalue weighted by molar-refractivity contribution is -0.400. The fourth-order valence-corrected chi connectivity index (χ4v) is 0.800. The molecule has 1 rings (SSSR count). The molecular formula is C8H6FNO3. The molecule has 4 nitrogen and oxygen atoms in total. The summed E-state index contributed by atoms with van der Waals surface area (Å²) in [6, 6.07) is 3.21. The lowest BCUT2D eigenvalue weighted by atomic mass is 10.2. The minimum absolute atomic E-state index is 0.0803. The number of hydrogen-bond donors (Lipinski definition) is 1. The molecule has 13 heavy (non-hydrogen) atoms. The zero-order valence-electron chi connectivity index (χ0n) is 6.48. The lowest BCUT2D eigenvalue weighted by Gasteiger charge is -1.96. The number of hydrogen-bond acceptors (Lipinski definition) is 3. The summed E-state index contributed by atoms with van der Waals surface area (Å²) in [6.45, 7) is 0. The molecule has 0 amide bonds. The molecular weight excluding hydrogens is 177 g/mol. The van der Waals surface area contributed by atoms with Crippen LogP contribution in [-0.2, 0) is 0 Å². The molecule has 1 aromatic carbocycles. The van der Waals surface area contributed by atoms with Crippen molar-refractivity contribution in [1.82, 2.24) is 0 Å². The molecule has 5 heteroatoms. The number of nitro groups is 1. The van der Waals surface area contributed by atoms with Crippen molar-refractivity contribution in [1.29, 1.82) is 0 Å². The summed E-state index contributed by atoms with van der Waals surface area (Å²) in [7, 11) is 0. The largest absolute Gasteiger partial charge is 0.507 e. The molecule has 1 N–H and O–H groups in total. The molecule has 0 fully saturated rings. The molecule has 1 aromatic rings. The van der Waals surface area contributed by atoms with Gasteiger partial charge in [0.2, 0.25) is 6.20 Å². The van der Waals surface area contributed by atoms with E-state index in [1.54, 1.807) is 0 Å². The van der Waals surface area contributed by atoms with Crippen LogP contribution in [0.15, 0.2) is 24.4 Å². The summed E-state index contributed by atoms with van der Waals surface area (Å²) >= 11 is 0. The quantitative estimate of drug-likeness (QED) is 0.561. The zero-order chi connectivity index (χ0) is 9.84. The van der Waals surface area contributed by atoms with E-state index in [9.17, 15) is 14.5 Å². The predicted molar refractivity (Wildman–Crippen MR) is 44.1 cm³/mol. The molecule has 0 aliphatic heterocycles. The van der Waals surface area contributed by atoms with Gasteiger partial charge in [0.1, 0.15) is 11.6 Å². The van der Waals surface area contributed by atoms with Crippen molar-refractivity contribution in [3.05, 3.63) is 45.9 Å². The molecule has 0 saturated heterocycles. The van der Waals surface area contributed by atoms with Gasteiger partial charge in [-0.15, -0.1) is 0 Å². The Morgan fingerprint density at radius 3 is 2.85 bits per heavy atom. The highest BCUT2D eigenvalue weighted by Crippen LogP contribution is 2.18. The molecule has 0 bridgehead atoms. The van der Waals surface area contributed by atoms with Gasteiger partial charge in [-0.05, 0) is 18.2 Å². The highest BCUT2D eigenvalue weighted by Gasteiger charge is 2.00. The van der Waals surface area contributed by atoms with Crippen molar-refractivity contribution in [2.75, 3.05) is 0 Å². The third-order valence-electron chi connectivity index (χ3n) is 1.37. The summed E-state index contributed by atoms with van der Waals surface area (Å²) in [4.78, 5) is 9.22. The van der Waals surface area contributed by atoms with Gasteiger partial charge in [0.25, 0.3) is 0 Å². The van der Waals surface area contributed by atoms with Crippen LogP contribution in [0.5, 0.6) is 5.75 Å². The monoisotopic (exact) mass is 183 g/mol. The van der Waals surface area contributed by atoms with Crippen molar-refractivity contribution < 1.29 is 14.4 Å². The van der Waals surface area contributed by atoms with Gasteiger partial charge in [-0.1, -0.05) is 0 Å². The second kappa shape index (κ2) is 3.66. The Bertz CT molecular complexity index is 362. The number of aromatic hydroxyl groups is 1. The van der Waals surface area contributed by atoms with Crippen LogP contribution in [-0.4, -0.2) is 10.0 Å². The third-order valence-corrected chi connectivity index (χ3v) is 1.37. The molecule has 0 spiro atoms. The highest BCUT2D eigenvalue weighted by molar-refractivity contribution is 5.55. The predicted octanol–water partition coefficient (Wildman–Crippen LogP) is 1.78. The zero-order valence-corrected chi connectivity index (χ0v) is 6.48. The minimum atomic E-state index is -0.690. The first-order chi connectivity index (χ1) is 6.09. The Balaban J connectivity index is 3.00. The normalized spacial score (nSPS) is 10.5. The first-order valence-corrected chi connectivity index (χ1v) is 3.40. The number of phenols is 1. The molecule has 0 heterocycles. The van der Waals surface area contributed by atoms with Crippen LogP contribution < -0.4 is 0 Å². The Kier molecular flexibility index (Phi) is 2.59. The Morgan fingerprint density at radius 1 is 1.54 bits per heavy atom. The maximum absolute atomic E-state index is 12.6. The molecule has 0 unspecified atom stereocenters. The topological polar surface area (TPSA) is 63.4 Å². The van der Waals surface area contributed by atoms with E-state index in [1.165, 1.54) is 0 Å². The summed E-state index contributed by atoms with van der Waals surface area (Å²) in [5.74, 6) is -0.750. The van der Waals surface area contributed by atoms with E-state index in [0.717, 1.165) is 24.3 Å². The fourth-order valence-electron chi connectivity index (χ4n) is 0.800. The van der Waals surface area contributed by atoms with Crippen LogP contribution in [0, 0.1) is 15.9 Å². The smallest absolute Gasteiger partial charge is 0.235 e. The van der Waals surface area contributed by atoms with Crippen molar-refractivity contribution >= 4 is 6.08 Å². The van der Waals surface area contributed by atoms with Crippen LogP contribution in [0.3, 0.4) is 0 Å². The lowest BCUT2D eigenvalue weighted by Crippen LogP contribution is -1.83. The number of nitrogens with zero attached hydrogens (tertiary/aromatic N) is 1. The Labute approximate surface area is 73.1 Å². The Morgan fingerprint density at radius 2 is 2.23 bits per heavy atom. The van der Waals surface area contributed by atoms with Crippen LogP contribution in [0.4, 0.5) is 4.39 Å². The molecule has 0 aliphatic carbocycles. The second-order valence-electron chi connectivity index (χ2n) is 2.30. The SMILES string of the molecule is O=[N+]([O-])/C=C/c1cc(F)ccc1O. The van der Waals surface area contributed by atoms with Crippen LogP contribution in [0.1, 0.15) is 5.56 Å². The fraction of sp³-hybridized carbons (Fsp3) is 0. The molecule has 68 valence electrons. The van der Waals surface area contributed by atoms with Gasteiger partial charge in [-0.25, -0.2) is 4.39 Å². The van der Waals surface area contributed by atoms with Gasteiger partial charge in [-0.3, -0.25) is 10.1 Å². The average Bonchev–Trinajstić information content (AvgIpc) is 2.06. The van der Waals surface area contributed by atoms with E-state index in [1.807, 2.05) is 0 Å². The number of rotatable bonds is 2. The van der Waals surface area contributed by atoms with Gasteiger partial charge in [0.15, 0.2) is 0 Å². The number of phenolic OH excluding ortho intramolecular Hbond substituents is 1. The molecule has 0 radical (unpaired) electrons. The number of benzene rings is 1. The number of halogens is 1. The second-order valence-corrected chi connectivity index (χ2v) is 2.30. The highest BCUT2D eigenvalue weighted by atomic mass is 19.1. The van der Waals surface area contributed by atoms with Crippen LogP contribution in [0.25, 0.3) is 6.08 Å². The van der Waals surface area contributed by atoms with E-state index in [2.05, 4.69) is 0 Å². The molecule has 0 saturated carbocycles. The summed E-state index contributed by atoms with van der Waals surface area (Å²) in [6.07, 6.45) is 1.66. The Hall–Kier alpha value is -1.91. The summed E-state index contributed by atoms with van der Waals surface area (Å²) < 4.78 is 12.6. The van der Waals surface area contributed by atoms with Crippen molar-refractivity contribution in [2.24, 2.45) is 0 Å². The third kappa shape index (κ3) is 2.55. The molecule has 0 atom stereocenters. The van der Waals surface area contributed by atoms with Crippen LogP contribution >= 0.6 is 0 Å². The van der Waals surface area contributed by atoms with Gasteiger partial charge in [-0.2, -0.15) is 0 Å². The maximum atomic E-state index is 12.6. The summed E-state index contributed by atoms with van der Waals surface area (Å²) in [5.41, 5.74) is 0.0803. The van der Waals surface area contributed by atoms with Crippen molar-refractivity contribution in [3.8, 4) is 5.75 Å². The van der Waals surface area contributed by atoms with Gasteiger partial charge < -0.3 is 5.11 Å². The minimum Gasteiger partial charge on any atom is -0.507 e.